The highest BCUT2D eigenvalue weighted by molar-refractivity contribution is 7.16. The number of thiophene rings is 1. The average Bonchev–Trinajstić information content (AvgIpc) is 2.88. The highest BCUT2D eigenvalue weighted by Crippen LogP contribution is 2.35. The fraction of sp³-hybridized carbons (Fsp3) is 0.0769. The number of benzene rings is 1. The molecule has 0 spiro atoms. The van der Waals surface area contributed by atoms with Crippen molar-refractivity contribution in [2.45, 2.75) is 6.54 Å². The number of hydrogen-bond donors (Lipinski definition) is 0. The van der Waals surface area contributed by atoms with Gasteiger partial charge in [0.15, 0.2) is 5.82 Å². The highest BCUT2D eigenvalue weighted by Gasteiger charge is 2.38. The van der Waals surface area contributed by atoms with Crippen molar-refractivity contribution in [3.63, 3.8) is 0 Å². The van der Waals surface area contributed by atoms with Crippen LogP contribution in [-0.2, 0) is 11.3 Å². The molecule has 1 aromatic carbocycles. The van der Waals surface area contributed by atoms with Gasteiger partial charge in [0, 0.05) is 10.9 Å². The molecule has 0 aliphatic carbocycles. The molecule has 102 valence electrons. The lowest BCUT2D eigenvalue weighted by molar-refractivity contribution is -0.114. The molecule has 0 radical (unpaired) electrons. The van der Waals surface area contributed by atoms with E-state index in [0.717, 1.165) is 11.0 Å². The molecule has 3 nitrogen and oxygen atoms in total. The largest absolute Gasteiger partial charge is 0.299 e. The highest BCUT2D eigenvalue weighted by atomic mass is 35.5. The molecular formula is C13H6ClF2NO2S. The van der Waals surface area contributed by atoms with Crippen LogP contribution in [-0.4, -0.2) is 11.7 Å². The van der Waals surface area contributed by atoms with Gasteiger partial charge in [0.25, 0.3) is 11.7 Å². The Labute approximate surface area is 121 Å². The summed E-state index contributed by atoms with van der Waals surface area (Å²) in [5, 5.41) is 0. The summed E-state index contributed by atoms with van der Waals surface area (Å²) in [6, 6.07) is 4.86. The fourth-order valence-electron chi connectivity index (χ4n) is 2.10. The Kier molecular flexibility index (Phi) is 3.07. The standard InChI is InChI=1S/C13H6ClF2NO2S/c14-10-2-1-7(20-10)5-17-11-8(12(18)13(17)19)3-6(15)4-9(11)16/h1-4H,5H2. The molecule has 0 fully saturated rings. The SMILES string of the molecule is O=C1C(=O)N(Cc2ccc(Cl)s2)c2c(F)cc(F)cc21. The zero-order chi connectivity index (χ0) is 14.4. The van der Waals surface area contributed by atoms with Crippen LogP contribution >= 0.6 is 22.9 Å². The molecule has 0 N–H and O–H groups in total. The van der Waals surface area contributed by atoms with E-state index in [4.69, 9.17) is 11.6 Å². The summed E-state index contributed by atoms with van der Waals surface area (Å²) in [6.45, 7) is 0.0253. The van der Waals surface area contributed by atoms with E-state index in [1.807, 2.05) is 0 Å². The first-order valence-corrected chi connectivity index (χ1v) is 6.76. The molecule has 0 unspecified atom stereocenters. The maximum Gasteiger partial charge on any atom is 0.299 e. The van der Waals surface area contributed by atoms with Crippen molar-refractivity contribution in [2.75, 3.05) is 4.90 Å². The number of ketones is 1. The van der Waals surface area contributed by atoms with Gasteiger partial charge in [-0.3, -0.25) is 14.5 Å². The number of rotatable bonds is 2. The summed E-state index contributed by atoms with van der Waals surface area (Å²) < 4.78 is 27.5. The zero-order valence-corrected chi connectivity index (χ0v) is 11.4. The van der Waals surface area contributed by atoms with E-state index in [-0.39, 0.29) is 17.8 Å². The van der Waals surface area contributed by atoms with Crippen molar-refractivity contribution in [2.24, 2.45) is 0 Å². The third-order valence-electron chi connectivity index (χ3n) is 2.92. The van der Waals surface area contributed by atoms with Crippen LogP contribution in [0.4, 0.5) is 14.5 Å². The van der Waals surface area contributed by atoms with Crippen LogP contribution in [0.1, 0.15) is 15.2 Å². The lowest BCUT2D eigenvalue weighted by atomic mass is 10.1. The number of carbonyl (C=O) groups excluding carboxylic acids is 2. The van der Waals surface area contributed by atoms with Crippen molar-refractivity contribution in [3.05, 3.63) is 50.7 Å². The maximum absolute atomic E-state index is 13.8. The minimum atomic E-state index is -0.929. The van der Waals surface area contributed by atoms with E-state index in [2.05, 4.69) is 0 Å². The number of hydrogen-bond acceptors (Lipinski definition) is 3. The summed E-state index contributed by atoms with van der Waals surface area (Å²) in [6.07, 6.45) is 0. The number of amides is 1. The van der Waals surface area contributed by atoms with Crippen molar-refractivity contribution < 1.29 is 18.4 Å². The maximum atomic E-state index is 13.8. The number of carbonyl (C=O) groups is 2. The molecule has 0 atom stereocenters. The molecular weight excluding hydrogens is 308 g/mol. The summed E-state index contributed by atoms with van der Waals surface area (Å²) in [5.74, 6) is -3.58. The quantitative estimate of drug-likeness (QED) is 0.797. The van der Waals surface area contributed by atoms with Crippen molar-refractivity contribution in [3.8, 4) is 0 Å². The molecule has 0 saturated carbocycles. The van der Waals surface area contributed by atoms with Gasteiger partial charge in [-0.15, -0.1) is 11.3 Å². The lowest BCUT2D eigenvalue weighted by Gasteiger charge is -2.15. The van der Waals surface area contributed by atoms with E-state index in [0.29, 0.717) is 15.3 Å². The predicted molar refractivity (Wildman–Crippen MR) is 71.2 cm³/mol. The number of fused-ring (bicyclic) bond motifs is 1. The molecule has 20 heavy (non-hydrogen) atoms. The third kappa shape index (κ3) is 2.01. The van der Waals surface area contributed by atoms with Gasteiger partial charge in [-0.2, -0.15) is 0 Å². The first kappa shape index (κ1) is 13.2. The molecule has 1 aliphatic rings. The molecule has 1 aromatic heterocycles. The zero-order valence-electron chi connectivity index (χ0n) is 9.82. The summed E-state index contributed by atoms with van der Waals surface area (Å²) in [7, 11) is 0. The first-order chi connectivity index (χ1) is 9.47. The van der Waals surface area contributed by atoms with E-state index in [9.17, 15) is 18.4 Å². The van der Waals surface area contributed by atoms with Gasteiger partial charge < -0.3 is 0 Å². The monoisotopic (exact) mass is 313 g/mol. The van der Waals surface area contributed by atoms with Gasteiger partial charge in [0.05, 0.1) is 22.1 Å². The lowest BCUT2D eigenvalue weighted by Crippen LogP contribution is -2.29. The molecule has 1 aliphatic heterocycles. The van der Waals surface area contributed by atoms with Crippen molar-refractivity contribution in [1.29, 1.82) is 0 Å². The van der Waals surface area contributed by atoms with Gasteiger partial charge >= 0.3 is 0 Å². The number of anilines is 1. The van der Waals surface area contributed by atoms with Crippen LogP contribution in [0.15, 0.2) is 24.3 Å². The molecule has 0 saturated heterocycles. The summed E-state index contributed by atoms with van der Waals surface area (Å²) in [4.78, 5) is 25.4. The van der Waals surface area contributed by atoms with E-state index in [1.54, 1.807) is 12.1 Å². The summed E-state index contributed by atoms with van der Waals surface area (Å²) in [5.41, 5.74) is -0.416. The molecule has 2 heterocycles. The van der Waals surface area contributed by atoms with Crippen molar-refractivity contribution >= 4 is 40.3 Å². The fourth-order valence-corrected chi connectivity index (χ4v) is 3.17. The third-order valence-corrected chi connectivity index (χ3v) is 4.14. The van der Waals surface area contributed by atoms with Gasteiger partial charge in [0.2, 0.25) is 0 Å². The minimum Gasteiger partial charge on any atom is -0.297 e. The molecule has 1 amide bonds. The van der Waals surface area contributed by atoms with E-state index >= 15 is 0 Å². The minimum absolute atomic E-state index is 0.0253. The molecule has 2 aromatic rings. The second-order valence-corrected chi connectivity index (χ2v) is 6.01. The van der Waals surface area contributed by atoms with Crippen LogP contribution in [0.25, 0.3) is 0 Å². The normalized spacial score (nSPS) is 14.1. The van der Waals surface area contributed by atoms with Gasteiger partial charge in [-0.25, -0.2) is 8.78 Å². The average molecular weight is 314 g/mol. The Morgan fingerprint density at radius 1 is 1.20 bits per heavy atom. The topological polar surface area (TPSA) is 37.4 Å². The second kappa shape index (κ2) is 4.64. The van der Waals surface area contributed by atoms with E-state index in [1.165, 1.54) is 11.3 Å². The number of nitrogens with zero attached hydrogens (tertiary/aromatic N) is 1. The number of Topliss-reactive ketones (excluding diaryl/α,β-unsaturated/α-hetero) is 1. The Morgan fingerprint density at radius 3 is 2.60 bits per heavy atom. The van der Waals surface area contributed by atoms with Crippen LogP contribution in [0.5, 0.6) is 0 Å². The van der Waals surface area contributed by atoms with Gasteiger partial charge in [0.1, 0.15) is 5.82 Å². The van der Waals surface area contributed by atoms with Gasteiger partial charge in [-0.1, -0.05) is 11.6 Å². The Bertz CT molecular complexity index is 744. The molecule has 3 rings (SSSR count). The predicted octanol–water partition coefficient (Wildman–Crippen LogP) is 3.41. The molecule has 0 bridgehead atoms. The van der Waals surface area contributed by atoms with Crippen LogP contribution in [0.3, 0.4) is 0 Å². The van der Waals surface area contributed by atoms with Crippen LogP contribution in [0, 0.1) is 11.6 Å². The smallest absolute Gasteiger partial charge is 0.297 e. The van der Waals surface area contributed by atoms with Crippen LogP contribution in [0.2, 0.25) is 4.34 Å². The second-order valence-electron chi connectivity index (χ2n) is 4.21. The van der Waals surface area contributed by atoms with Crippen molar-refractivity contribution in [1.82, 2.24) is 0 Å². The Hall–Kier alpha value is -1.79. The first-order valence-electron chi connectivity index (χ1n) is 5.57. The van der Waals surface area contributed by atoms with Crippen LogP contribution < -0.4 is 4.90 Å². The van der Waals surface area contributed by atoms with E-state index < -0.39 is 23.3 Å². The summed E-state index contributed by atoms with van der Waals surface area (Å²) >= 11 is 7.01. The number of halogens is 3. The Balaban J connectivity index is 2.06. The molecule has 7 heteroatoms. The van der Waals surface area contributed by atoms with Gasteiger partial charge in [-0.05, 0) is 18.2 Å². The Morgan fingerprint density at radius 2 is 1.95 bits per heavy atom.